The van der Waals surface area contributed by atoms with Crippen LogP contribution in [0.15, 0.2) is 48.3 Å². The SMILES string of the molecule is Fc1ccccc1Nc1cc(NCCC2=CCCCC2)ncn1. The van der Waals surface area contributed by atoms with Crippen LogP contribution in [0.4, 0.5) is 21.7 Å². The molecule has 0 spiro atoms. The molecule has 4 nitrogen and oxygen atoms in total. The van der Waals surface area contributed by atoms with Crippen LogP contribution in [-0.2, 0) is 0 Å². The number of aromatic nitrogens is 2. The molecule has 0 atom stereocenters. The molecular weight excluding hydrogens is 291 g/mol. The monoisotopic (exact) mass is 312 g/mol. The Labute approximate surface area is 135 Å². The highest BCUT2D eigenvalue weighted by atomic mass is 19.1. The predicted molar refractivity (Wildman–Crippen MR) is 91.4 cm³/mol. The maximum absolute atomic E-state index is 13.7. The lowest BCUT2D eigenvalue weighted by Gasteiger charge is -2.13. The van der Waals surface area contributed by atoms with Gasteiger partial charge in [0, 0.05) is 12.6 Å². The maximum Gasteiger partial charge on any atom is 0.146 e. The Morgan fingerprint density at radius 1 is 1.09 bits per heavy atom. The van der Waals surface area contributed by atoms with Gasteiger partial charge in [-0.05, 0) is 44.2 Å². The number of anilines is 3. The van der Waals surface area contributed by atoms with Crippen LogP contribution in [0.1, 0.15) is 32.1 Å². The van der Waals surface area contributed by atoms with Gasteiger partial charge < -0.3 is 10.6 Å². The third kappa shape index (κ3) is 4.52. The summed E-state index contributed by atoms with van der Waals surface area (Å²) in [6.45, 7) is 0.849. The fourth-order valence-corrected chi connectivity index (χ4v) is 2.71. The first-order valence-electron chi connectivity index (χ1n) is 8.06. The highest BCUT2D eigenvalue weighted by Gasteiger charge is 2.05. The van der Waals surface area contributed by atoms with Gasteiger partial charge in [-0.3, -0.25) is 0 Å². The van der Waals surface area contributed by atoms with Crippen molar-refractivity contribution in [2.75, 3.05) is 17.2 Å². The summed E-state index contributed by atoms with van der Waals surface area (Å²) in [5.41, 5.74) is 1.94. The Morgan fingerprint density at radius 3 is 2.78 bits per heavy atom. The number of halogens is 1. The van der Waals surface area contributed by atoms with Gasteiger partial charge in [0.05, 0.1) is 5.69 Å². The molecule has 2 aromatic rings. The van der Waals surface area contributed by atoms with E-state index in [1.807, 2.05) is 0 Å². The van der Waals surface area contributed by atoms with E-state index in [0.29, 0.717) is 11.5 Å². The first-order valence-corrected chi connectivity index (χ1v) is 8.06. The Hall–Kier alpha value is -2.43. The number of rotatable bonds is 6. The molecule has 1 heterocycles. The van der Waals surface area contributed by atoms with E-state index in [1.54, 1.807) is 24.3 Å². The summed E-state index contributed by atoms with van der Waals surface area (Å²) in [6.07, 6.45) is 9.91. The van der Waals surface area contributed by atoms with Crippen molar-refractivity contribution in [1.29, 1.82) is 0 Å². The van der Waals surface area contributed by atoms with Gasteiger partial charge in [0.15, 0.2) is 0 Å². The van der Waals surface area contributed by atoms with Crippen LogP contribution in [0.2, 0.25) is 0 Å². The molecule has 0 fully saturated rings. The number of hydrogen-bond acceptors (Lipinski definition) is 4. The molecule has 120 valence electrons. The quantitative estimate of drug-likeness (QED) is 0.762. The van der Waals surface area contributed by atoms with Gasteiger partial charge in [-0.15, -0.1) is 0 Å². The molecule has 0 aliphatic heterocycles. The summed E-state index contributed by atoms with van der Waals surface area (Å²) in [5, 5.41) is 6.28. The van der Waals surface area contributed by atoms with Gasteiger partial charge in [0.25, 0.3) is 0 Å². The molecule has 23 heavy (non-hydrogen) atoms. The number of allylic oxidation sites excluding steroid dienone is 1. The molecule has 3 rings (SSSR count). The van der Waals surface area contributed by atoms with E-state index in [2.05, 4.69) is 26.7 Å². The smallest absolute Gasteiger partial charge is 0.146 e. The van der Waals surface area contributed by atoms with Crippen molar-refractivity contribution in [1.82, 2.24) is 9.97 Å². The molecule has 1 aliphatic carbocycles. The Bertz CT molecular complexity index is 684. The number of nitrogens with zero attached hydrogens (tertiary/aromatic N) is 2. The largest absolute Gasteiger partial charge is 0.370 e. The molecule has 2 N–H and O–H groups in total. The molecule has 0 amide bonds. The summed E-state index contributed by atoms with van der Waals surface area (Å²) < 4.78 is 13.7. The topological polar surface area (TPSA) is 49.8 Å². The molecule has 0 bridgehead atoms. The van der Waals surface area contributed by atoms with E-state index < -0.39 is 0 Å². The van der Waals surface area contributed by atoms with Crippen molar-refractivity contribution >= 4 is 17.3 Å². The summed E-state index contributed by atoms with van der Waals surface area (Å²) in [6, 6.07) is 8.33. The van der Waals surface area contributed by atoms with Gasteiger partial charge in [0.1, 0.15) is 23.8 Å². The molecule has 0 saturated heterocycles. The maximum atomic E-state index is 13.7. The summed E-state index contributed by atoms with van der Waals surface area (Å²) >= 11 is 0. The van der Waals surface area contributed by atoms with Crippen molar-refractivity contribution in [2.24, 2.45) is 0 Å². The molecule has 5 heteroatoms. The first kappa shape index (κ1) is 15.5. The zero-order valence-electron chi connectivity index (χ0n) is 13.1. The summed E-state index contributed by atoms with van der Waals surface area (Å²) in [5.74, 6) is 1.02. The van der Waals surface area contributed by atoms with E-state index in [0.717, 1.165) is 18.8 Å². The van der Waals surface area contributed by atoms with Crippen LogP contribution in [-0.4, -0.2) is 16.5 Å². The van der Waals surface area contributed by atoms with Crippen LogP contribution in [0.5, 0.6) is 0 Å². The Kier molecular flexibility index (Phi) is 5.19. The molecule has 1 aromatic carbocycles. The van der Waals surface area contributed by atoms with Gasteiger partial charge in [-0.25, -0.2) is 14.4 Å². The van der Waals surface area contributed by atoms with Crippen LogP contribution in [0, 0.1) is 5.82 Å². The number of hydrogen-bond donors (Lipinski definition) is 2. The fourth-order valence-electron chi connectivity index (χ4n) is 2.71. The number of benzene rings is 1. The Balaban J connectivity index is 1.57. The van der Waals surface area contributed by atoms with Crippen molar-refractivity contribution in [3.63, 3.8) is 0 Å². The highest BCUT2D eigenvalue weighted by Crippen LogP contribution is 2.21. The fraction of sp³-hybridized carbons (Fsp3) is 0.333. The second-order valence-corrected chi connectivity index (χ2v) is 5.68. The zero-order chi connectivity index (χ0) is 15.9. The second-order valence-electron chi connectivity index (χ2n) is 5.68. The lowest BCUT2D eigenvalue weighted by Crippen LogP contribution is -2.06. The third-order valence-corrected chi connectivity index (χ3v) is 3.94. The van der Waals surface area contributed by atoms with Crippen LogP contribution in [0.25, 0.3) is 0 Å². The summed E-state index contributed by atoms with van der Waals surface area (Å²) in [4.78, 5) is 8.34. The van der Waals surface area contributed by atoms with E-state index in [-0.39, 0.29) is 5.82 Å². The average Bonchev–Trinajstić information content (AvgIpc) is 2.58. The number of para-hydroxylation sites is 1. The van der Waals surface area contributed by atoms with E-state index in [4.69, 9.17) is 0 Å². The average molecular weight is 312 g/mol. The minimum Gasteiger partial charge on any atom is -0.370 e. The second kappa shape index (κ2) is 7.72. The molecule has 1 aliphatic rings. The van der Waals surface area contributed by atoms with Crippen LogP contribution >= 0.6 is 0 Å². The number of nitrogens with one attached hydrogen (secondary N) is 2. The molecule has 0 radical (unpaired) electrons. The molecule has 0 saturated carbocycles. The lowest BCUT2D eigenvalue weighted by molar-refractivity contribution is 0.632. The predicted octanol–water partition coefficient (Wildman–Crippen LogP) is 4.66. The van der Waals surface area contributed by atoms with Crippen molar-refractivity contribution in [3.05, 3.63) is 54.1 Å². The molecule has 0 unspecified atom stereocenters. The van der Waals surface area contributed by atoms with Crippen LogP contribution < -0.4 is 10.6 Å². The Morgan fingerprint density at radius 2 is 1.96 bits per heavy atom. The summed E-state index contributed by atoms with van der Waals surface area (Å²) in [7, 11) is 0. The molecule has 1 aromatic heterocycles. The first-order chi connectivity index (χ1) is 11.3. The third-order valence-electron chi connectivity index (χ3n) is 3.94. The zero-order valence-corrected chi connectivity index (χ0v) is 13.1. The standard InChI is InChI=1S/C18H21FN4/c19-15-8-4-5-9-16(15)23-18-12-17(21-13-22-18)20-11-10-14-6-2-1-3-7-14/h4-6,8-9,12-13H,1-3,7,10-11H2,(H2,20,21,22,23). The van der Waals surface area contributed by atoms with Gasteiger partial charge in [-0.1, -0.05) is 23.8 Å². The van der Waals surface area contributed by atoms with Crippen molar-refractivity contribution in [2.45, 2.75) is 32.1 Å². The van der Waals surface area contributed by atoms with E-state index >= 15 is 0 Å². The highest BCUT2D eigenvalue weighted by molar-refractivity contribution is 5.59. The van der Waals surface area contributed by atoms with E-state index in [9.17, 15) is 4.39 Å². The van der Waals surface area contributed by atoms with Gasteiger partial charge >= 0.3 is 0 Å². The van der Waals surface area contributed by atoms with Crippen molar-refractivity contribution in [3.8, 4) is 0 Å². The normalized spacial score (nSPS) is 14.2. The minimum atomic E-state index is -0.301. The van der Waals surface area contributed by atoms with Gasteiger partial charge in [0.2, 0.25) is 0 Å². The molecular formula is C18H21FN4. The lowest BCUT2D eigenvalue weighted by atomic mass is 9.97. The van der Waals surface area contributed by atoms with Crippen LogP contribution in [0.3, 0.4) is 0 Å². The minimum absolute atomic E-state index is 0.301. The van der Waals surface area contributed by atoms with Crippen molar-refractivity contribution < 1.29 is 4.39 Å². The van der Waals surface area contributed by atoms with E-state index in [1.165, 1.54) is 43.7 Å². The van der Waals surface area contributed by atoms with Gasteiger partial charge in [-0.2, -0.15) is 0 Å².